The number of nitrogens with one attached hydrogen (secondary N) is 1. The molecule has 0 atom stereocenters. The van der Waals surface area contributed by atoms with Crippen LogP contribution in [0.1, 0.15) is 56.8 Å². The number of hydrogen-bond donors (Lipinski definition) is 2. The van der Waals surface area contributed by atoms with Crippen molar-refractivity contribution in [3.8, 4) is 11.3 Å². The zero-order valence-electron chi connectivity index (χ0n) is 13.6. The summed E-state index contributed by atoms with van der Waals surface area (Å²) in [6.45, 7) is 5.96. The van der Waals surface area contributed by atoms with E-state index < -0.39 is 0 Å². The largest absolute Gasteiger partial charge is 0.328 e. The molecule has 0 unspecified atom stereocenters. The summed E-state index contributed by atoms with van der Waals surface area (Å²) in [6.07, 6.45) is 6.09. The minimum absolute atomic E-state index is 0.341. The molecular weight excluding hydrogens is 296 g/mol. The first-order valence-electron chi connectivity index (χ1n) is 8.07. The van der Waals surface area contributed by atoms with Crippen LogP contribution in [0.5, 0.6) is 0 Å². The minimum Gasteiger partial charge on any atom is -0.328 e. The average molecular weight is 321 g/mol. The summed E-state index contributed by atoms with van der Waals surface area (Å²) in [7, 11) is 0. The normalized spacial score (nSPS) is 21.1. The molecule has 0 aromatic carbocycles. The number of hydrogen-bond acceptors (Lipinski definition) is 3. The first-order chi connectivity index (χ1) is 10.6. The number of rotatable bonds is 2. The third kappa shape index (κ3) is 3.68. The molecule has 0 bridgehead atoms. The average Bonchev–Trinajstić information content (AvgIpc) is 2.93. The van der Waals surface area contributed by atoms with E-state index in [0.29, 0.717) is 12.0 Å². The van der Waals surface area contributed by atoms with Crippen LogP contribution >= 0.6 is 11.6 Å². The van der Waals surface area contributed by atoms with Crippen LogP contribution in [-0.2, 0) is 0 Å². The highest BCUT2D eigenvalue weighted by atomic mass is 35.5. The lowest BCUT2D eigenvalue weighted by atomic mass is 9.84. The van der Waals surface area contributed by atoms with Gasteiger partial charge in [0.25, 0.3) is 0 Å². The Bertz CT molecular complexity index is 583. The molecule has 1 fully saturated rings. The Labute approximate surface area is 137 Å². The molecule has 0 amide bonds. The van der Waals surface area contributed by atoms with Crippen molar-refractivity contribution >= 4 is 11.6 Å². The molecule has 2 aromatic rings. The molecule has 3 rings (SSSR count). The molecule has 3 N–H and O–H groups in total. The molecule has 5 heteroatoms. The van der Waals surface area contributed by atoms with Gasteiger partial charge < -0.3 is 5.73 Å². The lowest BCUT2D eigenvalue weighted by Gasteiger charge is -2.25. The Hall–Kier alpha value is -1.39. The fourth-order valence-electron chi connectivity index (χ4n) is 2.82. The number of nitrogens with zero attached hydrogens (tertiary/aromatic N) is 2. The highest BCUT2D eigenvalue weighted by molar-refractivity contribution is 6.33. The van der Waals surface area contributed by atoms with Crippen LogP contribution in [0.2, 0.25) is 5.02 Å². The quantitative estimate of drug-likeness (QED) is 0.859. The van der Waals surface area contributed by atoms with Crippen LogP contribution in [0.15, 0.2) is 18.3 Å². The molecule has 0 saturated heterocycles. The summed E-state index contributed by atoms with van der Waals surface area (Å²) in [5.74, 6) is 0.446. The van der Waals surface area contributed by atoms with E-state index in [1.165, 1.54) is 0 Å². The van der Waals surface area contributed by atoms with Gasteiger partial charge in [0, 0.05) is 29.4 Å². The predicted molar refractivity (Wildman–Crippen MR) is 92.1 cm³/mol. The van der Waals surface area contributed by atoms with Crippen LogP contribution in [-0.4, -0.2) is 21.2 Å². The first-order valence-corrected chi connectivity index (χ1v) is 8.45. The lowest BCUT2D eigenvalue weighted by Crippen LogP contribution is -2.25. The van der Waals surface area contributed by atoms with Crippen LogP contribution in [0.4, 0.5) is 0 Å². The van der Waals surface area contributed by atoms with Crippen molar-refractivity contribution < 1.29 is 0 Å². The second-order valence-corrected chi connectivity index (χ2v) is 5.98. The fraction of sp³-hybridized carbons (Fsp3) is 0.529. The van der Waals surface area contributed by atoms with Gasteiger partial charge in [-0.25, -0.2) is 0 Å². The van der Waals surface area contributed by atoms with Gasteiger partial charge in [0.2, 0.25) is 0 Å². The highest BCUT2D eigenvalue weighted by Gasteiger charge is 2.25. The number of nitrogens with two attached hydrogens (primary N) is 1. The number of aromatic amines is 1. The third-order valence-corrected chi connectivity index (χ3v) is 4.48. The number of halogens is 1. The van der Waals surface area contributed by atoms with Crippen molar-refractivity contribution in [2.75, 3.05) is 0 Å². The molecule has 0 spiro atoms. The van der Waals surface area contributed by atoms with Crippen molar-refractivity contribution in [1.82, 2.24) is 15.2 Å². The van der Waals surface area contributed by atoms with Gasteiger partial charge in [-0.2, -0.15) is 5.10 Å². The van der Waals surface area contributed by atoms with Gasteiger partial charge in [-0.1, -0.05) is 25.4 Å². The van der Waals surface area contributed by atoms with Crippen LogP contribution in [0.3, 0.4) is 0 Å². The van der Waals surface area contributed by atoms with E-state index in [9.17, 15) is 0 Å². The Morgan fingerprint density at radius 3 is 2.45 bits per heavy atom. The monoisotopic (exact) mass is 320 g/mol. The Balaban J connectivity index is 0.000000847. The molecular formula is C17H25ClN4. The van der Waals surface area contributed by atoms with E-state index in [1.807, 2.05) is 39.1 Å². The van der Waals surface area contributed by atoms with Crippen molar-refractivity contribution in [3.05, 3.63) is 34.7 Å². The maximum Gasteiger partial charge on any atom is 0.113 e. The summed E-state index contributed by atoms with van der Waals surface area (Å²) in [4.78, 5) is 4.30. The first kappa shape index (κ1) is 17.0. The number of aryl methyl sites for hydroxylation is 1. The minimum atomic E-state index is 0.341. The van der Waals surface area contributed by atoms with E-state index >= 15 is 0 Å². The standard InChI is InChI=1S/C15H19ClN4.C2H6/c1-9-2-3-11(8-18-9)15-13(16)14(19-20-15)10-4-6-12(17)7-5-10;1-2/h2-3,8,10,12H,4-7,17H2,1H3,(H,19,20);1-2H3. The van der Waals surface area contributed by atoms with Gasteiger partial charge in [0.1, 0.15) is 5.69 Å². The summed E-state index contributed by atoms with van der Waals surface area (Å²) >= 11 is 6.52. The van der Waals surface area contributed by atoms with Gasteiger partial charge in [0.15, 0.2) is 0 Å². The lowest BCUT2D eigenvalue weighted by molar-refractivity contribution is 0.390. The number of H-pyrrole nitrogens is 1. The summed E-state index contributed by atoms with van der Waals surface area (Å²) < 4.78 is 0. The summed E-state index contributed by atoms with van der Waals surface area (Å²) in [5, 5.41) is 8.24. The van der Waals surface area contributed by atoms with Crippen molar-refractivity contribution in [2.24, 2.45) is 5.73 Å². The zero-order valence-corrected chi connectivity index (χ0v) is 14.3. The van der Waals surface area contributed by atoms with Crippen molar-refractivity contribution in [3.63, 3.8) is 0 Å². The SMILES string of the molecule is CC.Cc1ccc(-c2n[nH]c(C3CCC(N)CC3)c2Cl)cn1. The molecule has 2 aromatic heterocycles. The van der Waals surface area contributed by atoms with Gasteiger partial charge in [-0.3, -0.25) is 10.1 Å². The predicted octanol–water partition coefficient (Wildman–Crippen LogP) is 4.44. The van der Waals surface area contributed by atoms with Crippen molar-refractivity contribution in [2.45, 2.75) is 58.4 Å². The molecule has 0 aliphatic heterocycles. The highest BCUT2D eigenvalue weighted by Crippen LogP contribution is 2.38. The van der Waals surface area contributed by atoms with Gasteiger partial charge in [0.05, 0.1) is 10.7 Å². The molecule has 4 nitrogen and oxygen atoms in total. The van der Waals surface area contributed by atoms with Gasteiger partial charge in [-0.05, 0) is 44.7 Å². The molecule has 1 saturated carbocycles. The Morgan fingerprint density at radius 2 is 1.86 bits per heavy atom. The summed E-state index contributed by atoms with van der Waals surface area (Å²) in [6, 6.07) is 4.32. The smallest absolute Gasteiger partial charge is 0.113 e. The van der Waals surface area contributed by atoms with Gasteiger partial charge >= 0.3 is 0 Å². The van der Waals surface area contributed by atoms with Crippen LogP contribution in [0.25, 0.3) is 11.3 Å². The van der Waals surface area contributed by atoms with E-state index in [-0.39, 0.29) is 0 Å². The molecule has 1 aliphatic rings. The Morgan fingerprint density at radius 1 is 1.18 bits per heavy atom. The topological polar surface area (TPSA) is 67.6 Å². The maximum atomic E-state index is 6.52. The molecule has 1 aliphatic carbocycles. The second kappa shape index (κ2) is 7.75. The van der Waals surface area contributed by atoms with E-state index in [0.717, 1.165) is 53.4 Å². The number of pyridine rings is 1. The molecule has 120 valence electrons. The molecule has 22 heavy (non-hydrogen) atoms. The van der Waals surface area contributed by atoms with E-state index in [4.69, 9.17) is 17.3 Å². The molecule has 2 heterocycles. The summed E-state index contributed by atoms with van der Waals surface area (Å²) in [5.41, 5.74) is 9.74. The van der Waals surface area contributed by atoms with E-state index in [2.05, 4.69) is 15.2 Å². The molecule has 0 radical (unpaired) electrons. The van der Waals surface area contributed by atoms with E-state index in [1.54, 1.807) is 0 Å². The number of aromatic nitrogens is 3. The maximum absolute atomic E-state index is 6.52. The third-order valence-electron chi connectivity index (χ3n) is 4.10. The van der Waals surface area contributed by atoms with Crippen molar-refractivity contribution in [1.29, 1.82) is 0 Å². The fourth-order valence-corrected chi connectivity index (χ4v) is 3.17. The van der Waals surface area contributed by atoms with Crippen LogP contribution in [0, 0.1) is 6.92 Å². The zero-order chi connectivity index (χ0) is 16.1. The van der Waals surface area contributed by atoms with Crippen LogP contribution < -0.4 is 5.73 Å². The Kier molecular flexibility index (Phi) is 5.98. The van der Waals surface area contributed by atoms with Gasteiger partial charge in [-0.15, -0.1) is 0 Å². The second-order valence-electron chi connectivity index (χ2n) is 5.60.